The van der Waals surface area contributed by atoms with Gasteiger partial charge in [-0.2, -0.15) is 0 Å². The Morgan fingerprint density at radius 1 is 1.26 bits per heavy atom. The SMILES string of the molecule is CCN(Cc1cn2cccnc2n1)C(=O)c1cc2c(cc1F)nc(N)c1c(C)ncn12. The molecule has 156 valence electrons. The number of carbonyl (C=O) groups excluding carboxylic acids is 1. The van der Waals surface area contributed by atoms with Crippen LogP contribution in [-0.2, 0) is 6.54 Å². The summed E-state index contributed by atoms with van der Waals surface area (Å²) in [5, 5.41) is 0. The minimum atomic E-state index is -0.657. The standard InChI is InChI=1S/C21H19FN8O/c1-3-28(9-13-10-29-6-4-5-24-21(29)26-13)20(31)14-7-17-16(8-15(14)22)27-19(23)18-12(2)25-11-30(17)18/h4-8,10-11H,3,9H2,1-2H3,(H2,23,27). The predicted molar refractivity (Wildman–Crippen MR) is 113 cm³/mol. The molecule has 0 aliphatic heterocycles. The molecule has 1 amide bonds. The van der Waals surface area contributed by atoms with Crippen LogP contribution in [0, 0.1) is 12.7 Å². The van der Waals surface area contributed by atoms with Crippen molar-refractivity contribution in [2.45, 2.75) is 20.4 Å². The number of anilines is 1. The lowest BCUT2D eigenvalue weighted by Gasteiger charge is -2.20. The minimum Gasteiger partial charge on any atom is -0.382 e. The predicted octanol–water partition coefficient (Wildman–Crippen LogP) is 2.62. The van der Waals surface area contributed by atoms with Gasteiger partial charge < -0.3 is 10.6 Å². The van der Waals surface area contributed by atoms with E-state index in [4.69, 9.17) is 5.73 Å². The molecule has 0 saturated heterocycles. The fourth-order valence-corrected chi connectivity index (χ4v) is 3.76. The summed E-state index contributed by atoms with van der Waals surface area (Å²) in [5.74, 6) is -0.291. The van der Waals surface area contributed by atoms with E-state index in [1.807, 2.05) is 20.0 Å². The summed E-state index contributed by atoms with van der Waals surface area (Å²) in [5.41, 5.74) is 8.90. The van der Waals surface area contributed by atoms with Gasteiger partial charge in [-0.15, -0.1) is 0 Å². The first kappa shape index (κ1) is 18.9. The van der Waals surface area contributed by atoms with Crippen LogP contribution in [0.1, 0.15) is 28.7 Å². The molecule has 1 aromatic carbocycles. The third-order valence-electron chi connectivity index (χ3n) is 5.30. The van der Waals surface area contributed by atoms with Gasteiger partial charge in [0.15, 0.2) is 0 Å². The number of amides is 1. The van der Waals surface area contributed by atoms with E-state index < -0.39 is 11.7 Å². The highest BCUT2D eigenvalue weighted by Crippen LogP contribution is 2.25. The number of hydrogen-bond acceptors (Lipinski definition) is 6. The summed E-state index contributed by atoms with van der Waals surface area (Å²) in [7, 11) is 0. The Morgan fingerprint density at radius 3 is 2.87 bits per heavy atom. The molecule has 0 aliphatic carbocycles. The van der Waals surface area contributed by atoms with Gasteiger partial charge in [-0.1, -0.05) is 0 Å². The average Bonchev–Trinajstić information content (AvgIpc) is 3.34. The van der Waals surface area contributed by atoms with Crippen LogP contribution in [0.5, 0.6) is 0 Å². The Bertz CT molecular complexity index is 1440. The van der Waals surface area contributed by atoms with Gasteiger partial charge in [-0.3, -0.25) is 13.6 Å². The Kier molecular flexibility index (Phi) is 4.28. The number of nitrogens with zero attached hydrogens (tertiary/aromatic N) is 7. The van der Waals surface area contributed by atoms with E-state index in [0.29, 0.717) is 40.3 Å². The second-order valence-electron chi connectivity index (χ2n) is 7.24. The van der Waals surface area contributed by atoms with Crippen molar-refractivity contribution in [2.75, 3.05) is 12.3 Å². The third kappa shape index (κ3) is 3.03. The first-order valence-corrected chi connectivity index (χ1v) is 9.76. The zero-order valence-corrected chi connectivity index (χ0v) is 16.9. The summed E-state index contributed by atoms with van der Waals surface area (Å²) in [4.78, 5) is 31.9. The summed E-state index contributed by atoms with van der Waals surface area (Å²) in [6.45, 7) is 4.27. The molecule has 0 bridgehead atoms. The molecule has 2 N–H and O–H groups in total. The zero-order chi connectivity index (χ0) is 21.7. The highest BCUT2D eigenvalue weighted by atomic mass is 19.1. The van der Waals surface area contributed by atoms with Crippen LogP contribution in [0.2, 0.25) is 0 Å². The number of hydrogen-bond donors (Lipinski definition) is 1. The van der Waals surface area contributed by atoms with Crippen molar-refractivity contribution in [3.05, 3.63) is 65.9 Å². The van der Waals surface area contributed by atoms with Crippen LogP contribution in [0.3, 0.4) is 0 Å². The van der Waals surface area contributed by atoms with E-state index in [0.717, 1.165) is 0 Å². The molecule has 0 spiro atoms. The third-order valence-corrected chi connectivity index (χ3v) is 5.30. The van der Waals surface area contributed by atoms with Gasteiger partial charge in [0.05, 0.1) is 34.5 Å². The normalized spacial score (nSPS) is 11.6. The number of aromatic nitrogens is 6. The van der Waals surface area contributed by atoms with E-state index in [9.17, 15) is 9.18 Å². The Hall–Kier alpha value is -4.08. The zero-order valence-electron chi connectivity index (χ0n) is 16.9. The minimum absolute atomic E-state index is 0.0459. The molecule has 0 unspecified atom stereocenters. The molecule has 0 fully saturated rings. The van der Waals surface area contributed by atoms with Crippen LogP contribution in [0.15, 0.2) is 43.1 Å². The number of aryl methyl sites for hydroxylation is 1. The molecule has 0 atom stereocenters. The van der Waals surface area contributed by atoms with Crippen molar-refractivity contribution < 1.29 is 9.18 Å². The molecule has 5 aromatic rings. The van der Waals surface area contributed by atoms with Crippen molar-refractivity contribution in [2.24, 2.45) is 0 Å². The first-order valence-electron chi connectivity index (χ1n) is 9.76. The fraction of sp³-hybridized carbons (Fsp3) is 0.190. The van der Waals surface area contributed by atoms with Crippen molar-refractivity contribution >= 4 is 34.1 Å². The molecule has 0 radical (unpaired) electrons. The fourth-order valence-electron chi connectivity index (χ4n) is 3.76. The molecule has 10 heteroatoms. The summed E-state index contributed by atoms with van der Waals surface area (Å²) in [6.07, 6.45) is 6.88. The Morgan fingerprint density at radius 2 is 2.10 bits per heavy atom. The molecular weight excluding hydrogens is 399 g/mol. The lowest BCUT2D eigenvalue weighted by molar-refractivity contribution is 0.0746. The van der Waals surface area contributed by atoms with Gasteiger partial charge in [0.2, 0.25) is 5.78 Å². The first-order chi connectivity index (χ1) is 15.0. The highest BCUT2D eigenvalue weighted by molar-refractivity contribution is 5.98. The molecule has 9 nitrogen and oxygen atoms in total. The number of nitrogen functional groups attached to an aromatic ring is 1. The molecule has 0 saturated carbocycles. The molecular formula is C21H19FN8O. The average molecular weight is 418 g/mol. The largest absolute Gasteiger partial charge is 0.382 e. The van der Waals surface area contributed by atoms with Crippen molar-refractivity contribution in [1.82, 2.24) is 33.6 Å². The molecule has 5 rings (SSSR count). The second kappa shape index (κ2) is 7.01. The van der Waals surface area contributed by atoms with Crippen molar-refractivity contribution in [1.29, 1.82) is 0 Å². The number of rotatable bonds is 4. The quantitative estimate of drug-likeness (QED) is 0.481. The molecule has 0 aliphatic rings. The van der Waals surface area contributed by atoms with Gasteiger partial charge in [0.1, 0.15) is 23.5 Å². The topological polar surface area (TPSA) is 107 Å². The number of imidazole rings is 2. The van der Waals surface area contributed by atoms with E-state index in [-0.39, 0.29) is 17.9 Å². The van der Waals surface area contributed by atoms with Gasteiger partial charge in [0.25, 0.3) is 5.91 Å². The van der Waals surface area contributed by atoms with Crippen LogP contribution in [-0.4, -0.2) is 46.1 Å². The van der Waals surface area contributed by atoms with Gasteiger partial charge >= 0.3 is 0 Å². The Labute approximate surface area is 176 Å². The van der Waals surface area contributed by atoms with Crippen LogP contribution in [0.4, 0.5) is 10.2 Å². The number of benzene rings is 1. The molecule has 31 heavy (non-hydrogen) atoms. The van der Waals surface area contributed by atoms with Crippen LogP contribution in [0.25, 0.3) is 22.3 Å². The Balaban J connectivity index is 1.56. The van der Waals surface area contributed by atoms with E-state index in [2.05, 4.69) is 19.9 Å². The van der Waals surface area contributed by atoms with Crippen molar-refractivity contribution in [3.63, 3.8) is 0 Å². The van der Waals surface area contributed by atoms with Crippen molar-refractivity contribution in [3.8, 4) is 0 Å². The van der Waals surface area contributed by atoms with Crippen LogP contribution < -0.4 is 5.73 Å². The lowest BCUT2D eigenvalue weighted by Crippen LogP contribution is -2.31. The van der Waals surface area contributed by atoms with Gasteiger partial charge in [-0.05, 0) is 26.0 Å². The van der Waals surface area contributed by atoms with Gasteiger partial charge in [-0.25, -0.2) is 24.3 Å². The van der Waals surface area contributed by atoms with Crippen LogP contribution >= 0.6 is 0 Å². The second-order valence-corrected chi connectivity index (χ2v) is 7.24. The maximum atomic E-state index is 14.9. The van der Waals surface area contributed by atoms with E-state index in [1.54, 1.807) is 33.6 Å². The summed E-state index contributed by atoms with van der Waals surface area (Å²) >= 11 is 0. The monoisotopic (exact) mass is 418 g/mol. The maximum Gasteiger partial charge on any atom is 0.257 e. The lowest BCUT2D eigenvalue weighted by atomic mass is 10.1. The summed E-state index contributed by atoms with van der Waals surface area (Å²) < 4.78 is 18.4. The molecule has 4 aromatic heterocycles. The highest BCUT2D eigenvalue weighted by Gasteiger charge is 2.22. The number of carbonyl (C=O) groups is 1. The van der Waals surface area contributed by atoms with E-state index in [1.165, 1.54) is 17.0 Å². The summed E-state index contributed by atoms with van der Waals surface area (Å²) in [6, 6.07) is 4.53. The van der Waals surface area contributed by atoms with Gasteiger partial charge in [0, 0.05) is 31.2 Å². The molecule has 4 heterocycles. The number of halogens is 1. The smallest absolute Gasteiger partial charge is 0.257 e. The van der Waals surface area contributed by atoms with E-state index >= 15 is 0 Å². The number of fused-ring (bicyclic) bond motifs is 4. The number of nitrogens with two attached hydrogens (primary N) is 1. The maximum absolute atomic E-state index is 14.9.